The summed E-state index contributed by atoms with van der Waals surface area (Å²) < 4.78 is 0. The fraction of sp³-hybridized carbons (Fsp3) is 0.545. The summed E-state index contributed by atoms with van der Waals surface area (Å²) in [6, 6.07) is 0. The zero-order chi connectivity index (χ0) is 9.42. The van der Waals surface area contributed by atoms with Crippen molar-refractivity contribution in [1.82, 2.24) is 0 Å². The molecule has 0 heterocycles. The van der Waals surface area contributed by atoms with Gasteiger partial charge in [-0.05, 0) is 31.3 Å². The van der Waals surface area contributed by atoms with Gasteiger partial charge in [-0.25, -0.2) is 0 Å². The number of nitrogens with two attached hydrogens (primary N) is 1. The summed E-state index contributed by atoms with van der Waals surface area (Å²) in [7, 11) is 0. The fourth-order valence-corrected chi connectivity index (χ4v) is 1.91. The summed E-state index contributed by atoms with van der Waals surface area (Å²) in [6.07, 6.45) is 5.20. The van der Waals surface area contributed by atoms with Gasteiger partial charge in [-0.15, -0.1) is 0 Å². The van der Waals surface area contributed by atoms with Gasteiger partial charge >= 0.3 is 0 Å². The van der Waals surface area contributed by atoms with E-state index in [4.69, 9.17) is 5.73 Å². The molecule has 0 aromatic carbocycles. The quantitative estimate of drug-likeness (QED) is 0.695. The van der Waals surface area contributed by atoms with E-state index < -0.39 is 0 Å². The first-order chi connectivity index (χ1) is 6.22. The van der Waals surface area contributed by atoms with Crippen LogP contribution in [0.4, 0.5) is 0 Å². The molecule has 0 atom stereocenters. The molecule has 1 saturated carbocycles. The van der Waals surface area contributed by atoms with E-state index in [-0.39, 0.29) is 5.78 Å². The van der Waals surface area contributed by atoms with Crippen LogP contribution in [0.5, 0.6) is 0 Å². The van der Waals surface area contributed by atoms with Gasteiger partial charge in [-0.3, -0.25) is 4.79 Å². The van der Waals surface area contributed by atoms with Crippen LogP contribution in [0.15, 0.2) is 22.8 Å². The Hall–Kier alpha value is -0.890. The van der Waals surface area contributed by atoms with Crippen molar-refractivity contribution < 1.29 is 4.79 Å². The topological polar surface area (TPSA) is 43.1 Å². The van der Waals surface area contributed by atoms with Crippen molar-refractivity contribution in [2.75, 3.05) is 6.54 Å². The van der Waals surface area contributed by atoms with E-state index in [1.165, 1.54) is 24.0 Å². The van der Waals surface area contributed by atoms with Gasteiger partial charge in [-0.2, -0.15) is 0 Å². The summed E-state index contributed by atoms with van der Waals surface area (Å²) in [5, 5.41) is 0. The van der Waals surface area contributed by atoms with E-state index in [1.807, 2.05) is 6.92 Å². The van der Waals surface area contributed by atoms with Crippen molar-refractivity contribution >= 4 is 5.78 Å². The first kappa shape index (κ1) is 8.70. The largest absolute Gasteiger partial charge is 0.326 e. The third kappa shape index (κ3) is 1.59. The molecule has 2 heteroatoms. The Morgan fingerprint density at radius 1 is 1.54 bits per heavy atom. The Morgan fingerprint density at radius 3 is 2.77 bits per heavy atom. The summed E-state index contributed by atoms with van der Waals surface area (Å²) in [4.78, 5) is 11.6. The third-order valence-electron chi connectivity index (χ3n) is 2.75. The maximum atomic E-state index is 11.6. The highest BCUT2D eigenvalue weighted by Crippen LogP contribution is 2.41. The minimum Gasteiger partial charge on any atom is -0.326 e. The van der Waals surface area contributed by atoms with Gasteiger partial charge in [0, 0.05) is 18.5 Å². The molecule has 70 valence electrons. The molecule has 0 aromatic heterocycles. The molecule has 2 N–H and O–H groups in total. The third-order valence-corrected chi connectivity index (χ3v) is 2.75. The number of hydrogen-bond donors (Lipinski definition) is 1. The summed E-state index contributed by atoms with van der Waals surface area (Å²) in [6.45, 7) is 2.43. The van der Waals surface area contributed by atoms with Crippen LogP contribution in [0.3, 0.4) is 0 Å². The van der Waals surface area contributed by atoms with Gasteiger partial charge in [0.05, 0.1) is 0 Å². The van der Waals surface area contributed by atoms with Gasteiger partial charge in [0.25, 0.3) is 0 Å². The molecule has 13 heavy (non-hydrogen) atoms. The summed E-state index contributed by atoms with van der Waals surface area (Å²) in [5.74, 6) is 0.877. The number of carbonyl (C=O) groups is 1. The lowest BCUT2D eigenvalue weighted by molar-refractivity contribution is -0.115. The van der Waals surface area contributed by atoms with Crippen LogP contribution in [0, 0.1) is 5.92 Å². The monoisotopic (exact) mass is 177 g/mol. The molecule has 0 bridgehead atoms. The van der Waals surface area contributed by atoms with Crippen LogP contribution >= 0.6 is 0 Å². The predicted molar refractivity (Wildman–Crippen MR) is 52.2 cm³/mol. The van der Waals surface area contributed by atoms with Gasteiger partial charge in [0.1, 0.15) is 0 Å². The minimum atomic E-state index is 0.240. The van der Waals surface area contributed by atoms with E-state index >= 15 is 0 Å². The SMILES string of the molecule is CC1=CC(C2CC2)=C(CN)C(=O)C1. The summed E-state index contributed by atoms with van der Waals surface area (Å²) in [5.41, 5.74) is 8.89. The molecule has 0 radical (unpaired) electrons. The van der Waals surface area contributed by atoms with E-state index in [0.717, 1.165) is 5.57 Å². The number of carbonyl (C=O) groups excluding carboxylic acids is 1. The van der Waals surface area contributed by atoms with Crippen molar-refractivity contribution in [2.45, 2.75) is 26.2 Å². The maximum Gasteiger partial charge on any atom is 0.164 e. The molecule has 0 spiro atoms. The second kappa shape index (κ2) is 3.11. The van der Waals surface area contributed by atoms with Gasteiger partial charge < -0.3 is 5.73 Å². The Labute approximate surface area is 78.5 Å². The van der Waals surface area contributed by atoms with E-state index in [2.05, 4.69) is 6.08 Å². The zero-order valence-electron chi connectivity index (χ0n) is 7.97. The van der Waals surface area contributed by atoms with Crippen molar-refractivity contribution in [3.8, 4) is 0 Å². The maximum absolute atomic E-state index is 11.6. The van der Waals surface area contributed by atoms with Gasteiger partial charge in [-0.1, -0.05) is 11.6 Å². The number of rotatable bonds is 2. The Morgan fingerprint density at radius 2 is 2.23 bits per heavy atom. The number of ketones is 1. The average molecular weight is 177 g/mol. The smallest absolute Gasteiger partial charge is 0.164 e. The van der Waals surface area contributed by atoms with Crippen LogP contribution in [0.25, 0.3) is 0 Å². The molecule has 2 aliphatic rings. The van der Waals surface area contributed by atoms with Crippen molar-refractivity contribution in [2.24, 2.45) is 11.7 Å². The Balaban J connectivity index is 2.37. The lowest BCUT2D eigenvalue weighted by Crippen LogP contribution is -2.18. The van der Waals surface area contributed by atoms with E-state index in [1.54, 1.807) is 0 Å². The second-order valence-electron chi connectivity index (χ2n) is 4.00. The molecular weight excluding hydrogens is 162 g/mol. The van der Waals surface area contributed by atoms with Crippen LogP contribution < -0.4 is 5.73 Å². The lowest BCUT2D eigenvalue weighted by atomic mass is 9.89. The molecule has 2 aliphatic carbocycles. The van der Waals surface area contributed by atoms with Gasteiger partial charge in [0.2, 0.25) is 0 Å². The number of allylic oxidation sites excluding steroid dienone is 3. The fourth-order valence-electron chi connectivity index (χ4n) is 1.91. The molecule has 0 aliphatic heterocycles. The molecule has 2 rings (SSSR count). The zero-order valence-corrected chi connectivity index (χ0v) is 7.97. The molecule has 2 nitrogen and oxygen atoms in total. The van der Waals surface area contributed by atoms with Crippen molar-refractivity contribution in [3.05, 3.63) is 22.8 Å². The first-order valence-corrected chi connectivity index (χ1v) is 4.86. The first-order valence-electron chi connectivity index (χ1n) is 4.86. The molecule has 0 amide bonds. The number of Topliss-reactive ketones (excluding diaryl/α,β-unsaturated/α-hetero) is 1. The molecule has 1 fully saturated rings. The summed E-state index contributed by atoms with van der Waals surface area (Å²) >= 11 is 0. The van der Waals surface area contributed by atoms with Gasteiger partial charge in [0.15, 0.2) is 5.78 Å². The van der Waals surface area contributed by atoms with E-state index in [0.29, 0.717) is 18.9 Å². The average Bonchev–Trinajstić information content (AvgIpc) is 2.85. The lowest BCUT2D eigenvalue weighted by Gasteiger charge is -2.16. The van der Waals surface area contributed by atoms with Crippen molar-refractivity contribution in [1.29, 1.82) is 0 Å². The van der Waals surface area contributed by atoms with Crippen LogP contribution in [-0.2, 0) is 4.79 Å². The molecule has 0 unspecified atom stereocenters. The van der Waals surface area contributed by atoms with Crippen LogP contribution in [0.1, 0.15) is 26.2 Å². The van der Waals surface area contributed by atoms with Crippen LogP contribution in [0.2, 0.25) is 0 Å². The van der Waals surface area contributed by atoms with Crippen LogP contribution in [-0.4, -0.2) is 12.3 Å². The Bertz CT molecular complexity index is 308. The standard InChI is InChI=1S/C11H15NO/c1-7-4-9(8-2-3-8)10(6-12)11(13)5-7/h4,8H,2-3,5-6,12H2,1H3. The Kier molecular flexibility index (Phi) is 2.08. The van der Waals surface area contributed by atoms with Crippen molar-refractivity contribution in [3.63, 3.8) is 0 Å². The highest BCUT2D eigenvalue weighted by atomic mass is 16.1. The molecule has 0 saturated heterocycles. The molecular formula is C11H15NO. The number of hydrogen-bond acceptors (Lipinski definition) is 2. The minimum absolute atomic E-state index is 0.240. The highest BCUT2D eigenvalue weighted by Gasteiger charge is 2.30. The van der Waals surface area contributed by atoms with E-state index in [9.17, 15) is 4.79 Å². The highest BCUT2D eigenvalue weighted by molar-refractivity contribution is 6.00. The predicted octanol–water partition coefficient (Wildman–Crippen LogP) is 1.57. The molecule has 0 aromatic rings. The normalized spacial score (nSPS) is 23.5. The second-order valence-corrected chi connectivity index (χ2v) is 4.00.